The first-order chi connectivity index (χ1) is 9.75. The molecule has 20 heavy (non-hydrogen) atoms. The first kappa shape index (κ1) is 13.1. The van der Waals surface area contributed by atoms with E-state index < -0.39 is 6.10 Å². The van der Waals surface area contributed by atoms with Gasteiger partial charge in [0.2, 0.25) is 0 Å². The summed E-state index contributed by atoms with van der Waals surface area (Å²) >= 11 is 6.15. The summed E-state index contributed by atoms with van der Waals surface area (Å²) < 4.78 is 0. The molecule has 0 aliphatic heterocycles. The molecule has 3 rings (SSSR count). The van der Waals surface area contributed by atoms with Crippen LogP contribution in [0.4, 0.5) is 0 Å². The van der Waals surface area contributed by atoms with Crippen molar-refractivity contribution >= 4 is 22.5 Å². The van der Waals surface area contributed by atoms with Crippen molar-refractivity contribution in [2.45, 2.75) is 12.5 Å². The molecule has 2 nitrogen and oxygen atoms in total. The first-order valence-electron chi connectivity index (χ1n) is 6.51. The van der Waals surface area contributed by atoms with Gasteiger partial charge < -0.3 is 5.11 Å². The Labute approximate surface area is 122 Å². The molecule has 100 valence electrons. The number of rotatable bonds is 3. The summed E-state index contributed by atoms with van der Waals surface area (Å²) in [5.41, 5.74) is 2.72. The van der Waals surface area contributed by atoms with Crippen LogP contribution in [0.1, 0.15) is 17.2 Å². The second kappa shape index (κ2) is 5.61. The van der Waals surface area contributed by atoms with Crippen LogP contribution < -0.4 is 0 Å². The highest BCUT2D eigenvalue weighted by Crippen LogP contribution is 2.27. The zero-order valence-corrected chi connectivity index (χ0v) is 11.6. The van der Waals surface area contributed by atoms with E-state index in [0.717, 1.165) is 22.0 Å². The van der Waals surface area contributed by atoms with Gasteiger partial charge in [0, 0.05) is 23.0 Å². The molecular formula is C17H14ClNO. The van der Waals surface area contributed by atoms with Gasteiger partial charge in [0.15, 0.2) is 0 Å². The number of fused-ring (bicyclic) bond motifs is 1. The first-order valence-corrected chi connectivity index (χ1v) is 6.88. The summed E-state index contributed by atoms with van der Waals surface area (Å²) in [4.78, 5) is 4.31. The topological polar surface area (TPSA) is 33.1 Å². The molecule has 0 aliphatic rings. The number of pyridine rings is 1. The van der Waals surface area contributed by atoms with Gasteiger partial charge in [-0.3, -0.25) is 4.98 Å². The number of halogens is 1. The van der Waals surface area contributed by atoms with Crippen molar-refractivity contribution in [3.63, 3.8) is 0 Å². The molecular weight excluding hydrogens is 270 g/mol. The zero-order valence-electron chi connectivity index (χ0n) is 10.8. The number of nitrogens with zero attached hydrogens (tertiary/aromatic N) is 1. The molecule has 1 unspecified atom stereocenters. The Bertz CT molecular complexity index is 736. The fraction of sp³-hybridized carbons (Fsp3) is 0.118. The lowest BCUT2D eigenvalue weighted by molar-refractivity contribution is 0.180. The summed E-state index contributed by atoms with van der Waals surface area (Å²) in [5.74, 6) is 0. The lowest BCUT2D eigenvalue weighted by Gasteiger charge is -2.14. The highest BCUT2D eigenvalue weighted by Gasteiger charge is 2.13. The van der Waals surface area contributed by atoms with Gasteiger partial charge in [-0.15, -0.1) is 0 Å². The van der Waals surface area contributed by atoms with E-state index in [0.29, 0.717) is 11.4 Å². The van der Waals surface area contributed by atoms with E-state index in [4.69, 9.17) is 11.6 Å². The maximum atomic E-state index is 10.5. The quantitative estimate of drug-likeness (QED) is 0.783. The standard InChI is InChI=1S/C17H14ClNO/c18-15-7-3-1-5-12(15)11-17(20)14-9-10-19-16-8-4-2-6-13(14)16/h1-10,17,20H,11H2. The minimum absolute atomic E-state index is 0.494. The average molecular weight is 284 g/mol. The normalized spacial score (nSPS) is 12.5. The van der Waals surface area contributed by atoms with Gasteiger partial charge in [0.05, 0.1) is 11.6 Å². The molecule has 0 saturated carbocycles. The molecule has 0 saturated heterocycles. The maximum Gasteiger partial charge on any atom is 0.0838 e. The second-order valence-corrected chi connectivity index (χ2v) is 5.14. The molecule has 0 fully saturated rings. The summed E-state index contributed by atoms with van der Waals surface area (Å²) in [6, 6.07) is 17.3. The summed E-state index contributed by atoms with van der Waals surface area (Å²) in [6.45, 7) is 0. The number of para-hydroxylation sites is 1. The monoisotopic (exact) mass is 283 g/mol. The Hall–Kier alpha value is -1.90. The lowest BCUT2D eigenvalue weighted by Crippen LogP contribution is -2.03. The number of benzene rings is 2. The van der Waals surface area contributed by atoms with E-state index in [1.54, 1.807) is 6.20 Å². The van der Waals surface area contributed by atoms with Crippen molar-refractivity contribution in [3.05, 3.63) is 76.9 Å². The third-order valence-corrected chi connectivity index (χ3v) is 3.78. The summed E-state index contributed by atoms with van der Waals surface area (Å²) in [6.07, 6.45) is 1.63. The van der Waals surface area contributed by atoms with Crippen LogP contribution in [-0.4, -0.2) is 10.1 Å². The number of aliphatic hydroxyl groups excluding tert-OH is 1. The van der Waals surface area contributed by atoms with Gasteiger partial charge in [-0.1, -0.05) is 48.0 Å². The Morgan fingerprint density at radius 1 is 1.00 bits per heavy atom. The van der Waals surface area contributed by atoms with Crippen LogP contribution >= 0.6 is 11.6 Å². The SMILES string of the molecule is OC(Cc1ccccc1Cl)c1ccnc2ccccc12. The van der Waals surface area contributed by atoms with Crippen molar-refractivity contribution in [3.8, 4) is 0 Å². The third kappa shape index (κ3) is 2.53. The molecule has 0 amide bonds. The van der Waals surface area contributed by atoms with Crippen LogP contribution in [0.25, 0.3) is 10.9 Å². The van der Waals surface area contributed by atoms with Gasteiger partial charge in [0.1, 0.15) is 0 Å². The molecule has 1 N–H and O–H groups in total. The Kier molecular flexibility index (Phi) is 3.68. The molecule has 3 heteroatoms. The van der Waals surface area contributed by atoms with E-state index in [-0.39, 0.29) is 0 Å². The largest absolute Gasteiger partial charge is 0.388 e. The number of hydrogen-bond acceptors (Lipinski definition) is 2. The van der Waals surface area contributed by atoms with Crippen molar-refractivity contribution in [2.75, 3.05) is 0 Å². The van der Waals surface area contributed by atoms with Gasteiger partial charge in [0.25, 0.3) is 0 Å². The molecule has 1 aromatic heterocycles. The zero-order chi connectivity index (χ0) is 13.9. The van der Waals surface area contributed by atoms with E-state index in [9.17, 15) is 5.11 Å². The molecule has 1 atom stereocenters. The summed E-state index contributed by atoms with van der Waals surface area (Å²) in [5, 5.41) is 12.2. The fourth-order valence-electron chi connectivity index (χ4n) is 2.39. The Balaban J connectivity index is 1.97. The number of aliphatic hydroxyl groups is 1. The van der Waals surface area contributed by atoms with Crippen molar-refractivity contribution in [1.29, 1.82) is 0 Å². The van der Waals surface area contributed by atoms with Gasteiger partial charge in [-0.05, 0) is 29.3 Å². The Morgan fingerprint density at radius 3 is 2.60 bits per heavy atom. The van der Waals surface area contributed by atoms with E-state index >= 15 is 0 Å². The van der Waals surface area contributed by atoms with Crippen LogP contribution in [0.5, 0.6) is 0 Å². The van der Waals surface area contributed by atoms with Crippen molar-refractivity contribution in [1.82, 2.24) is 4.98 Å². The van der Waals surface area contributed by atoms with Crippen molar-refractivity contribution < 1.29 is 5.11 Å². The smallest absolute Gasteiger partial charge is 0.0838 e. The minimum Gasteiger partial charge on any atom is -0.388 e. The van der Waals surface area contributed by atoms with Crippen molar-refractivity contribution in [2.24, 2.45) is 0 Å². The molecule has 0 aliphatic carbocycles. The summed E-state index contributed by atoms with van der Waals surface area (Å²) in [7, 11) is 0. The molecule has 2 aromatic carbocycles. The van der Waals surface area contributed by atoms with Crippen LogP contribution in [0.15, 0.2) is 60.8 Å². The van der Waals surface area contributed by atoms with Crippen LogP contribution in [0.3, 0.4) is 0 Å². The van der Waals surface area contributed by atoms with E-state index in [1.807, 2.05) is 54.6 Å². The number of hydrogen-bond donors (Lipinski definition) is 1. The van der Waals surface area contributed by atoms with E-state index in [1.165, 1.54) is 0 Å². The number of aromatic nitrogens is 1. The van der Waals surface area contributed by atoms with Crippen LogP contribution in [0, 0.1) is 0 Å². The Morgan fingerprint density at radius 2 is 1.75 bits per heavy atom. The van der Waals surface area contributed by atoms with Gasteiger partial charge in [-0.25, -0.2) is 0 Å². The minimum atomic E-state index is -0.595. The predicted molar refractivity (Wildman–Crippen MR) is 81.9 cm³/mol. The average Bonchev–Trinajstić information content (AvgIpc) is 2.49. The lowest BCUT2D eigenvalue weighted by atomic mass is 9.98. The fourth-order valence-corrected chi connectivity index (χ4v) is 2.60. The predicted octanol–water partition coefficient (Wildman–Crippen LogP) is 4.16. The highest BCUT2D eigenvalue weighted by atomic mass is 35.5. The van der Waals surface area contributed by atoms with Gasteiger partial charge >= 0.3 is 0 Å². The maximum absolute atomic E-state index is 10.5. The third-order valence-electron chi connectivity index (χ3n) is 3.41. The molecule has 1 heterocycles. The van der Waals surface area contributed by atoms with Crippen LogP contribution in [0.2, 0.25) is 5.02 Å². The highest BCUT2D eigenvalue weighted by molar-refractivity contribution is 6.31. The molecule has 0 spiro atoms. The molecule has 0 bridgehead atoms. The second-order valence-electron chi connectivity index (χ2n) is 4.73. The molecule has 3 aromatic rings. The van der Waals surface area contributed by atoms with Crippen LogP contribution in [-0.2, 0) is 6.42 Å². The van der Waals surface area contributed by atoms with E-state index in [2.05, 4.69) is 4.98 Å². The molecule has 0 radical (unpaired) electrons. The van der Waals surface area contributed by atoms with Gasteiger partial charge in [-0.2, -0.15) is 0 Å².